The highest BCUT2D eigenvalue weighted by atomic mass is 35.5. The molecule has 0 saturated heterocycles. The van der Waals surface area contributed by atoms with E-state index >= 15 is 0 Å². The Morgan fingerprint density at radius 2 is 1.55 bits per heavy atom. The van der Waals surface area contributed by atoms with Gasteiger partial charge >= 0.3 is 0 Å². The summed E-state index contributed by atoms with van der Waals surface area (Å²) in [4.78, 5) is 0. The molecule has 0 fully saturated rings. The molecule has 0 bridgehead atoms. The van der Waals surface area contributed by atoms with Gasteiger partial charge in [0.05, 0.1) is 0 Å². The lowest BCUT2D eigenvalue weighted by Gasteiger charge is -2.07. The fraction of sp³-hybridized carbons (Fsp3) is 0. The van der Waals surface area contributed by atoms with E-state index in [0.29, 0.717) is 10.7 Å². The molecule has 4 nitrogen and oxygen atoms in total. The lowest BCUT2D eigenvalue weighted by molar-refractivity contribution is 1.37. The minimum atomic E-state index is -0.249. The van der Waals surface area contributed by atoms with Crippen molar-refractivity contribution < 1.29 is 0 Å². The van der Waals surface area contributed by atoms with Crippen LogP contribution in [0.25, 0.3) is 11.1 Å². The zero-order chi connectivity index (χ0) is 15.9. The predicted molar refractivity (Wildman–Crippen MR) is 84.4 cm³/mol. The topological polar surface area (TPSA) is 83.4 Å². The van der Waals surface area contributed by atoms with E-state index in [1.807, 2.05) is 36.4 Å². The molecule has 0 unspecified atom stereocenters. The number of anilines is 1. The number of nitriles is 3. The summed E-state index contributed by atoms with van der Waals surface area (Å²) in [5, 5.41) is 30.0. The summed E-state index contributed by atoms with van der Waals surface area (Å²) >= 11 is 5.96. The highest BCUT2D eigenvalue weighted by Gasteiger charge is 2.06. The second-order valence-electron chi connectivity index (χ2n) is 4.30. The van der Waals surface area contributed by atoms with E-state index in [1.165, 1.54) is 0 Å². The van der Waals surface area contributed by atoms with E-state index in [2.05, 4.69) is 5.32 Å². The Morgan fingerprint density at radius 1 is 0.864 bits per heavy atom. The summed E-state index contributed by atoms with van der Waals surface area (Å²) in [6.45, 7) is 0. The molecule has 1 N–H and O–H groups in total. The molecule has 0 aliphatic heterocycles. The molecule has 0 spiro atoms. The minimum absolute atomic E-state index is 0.0690. The summed E-state index contributed by atoms with van der Waals surface area (Å²) in [5.74, 6) is 0. The van der Waals surface area contributed by atoms with Gasteiger partial charge in [-0.05, 0) is 35.4 Å². The van der Waals surface area contributed by atoms with Gasteiger partial charge in [0.25, 0.3) is 0 Å². The van der Waals surface area contributed by atoms with Crippen LogP contribution in [0.2, 0.25) is 5.02 Å². The number of hydrogen-bond acceptors (Lipinski definition) is 4. The third-order valence-corrected chi connectivity index (χ3v) is 3.13. The van der Waals surface area contributed by atoms with Crippen LogP contribution in [0.3, 0.4) is 0 Å². The second-order valence-corrected chi connectivity index (χ2v) is 4.73. The third kappa shape index (κ3) is 3.44. The van der Waals surface area contributed by atoms with Gasteiger partial charge in [-0.15, -0.1) is 0 Å². The first-order valence-electron chi connectivity index (χ1n) is 6.25. The van der Waals surface area contributed by atoms with E-state index in [1.54, 1.807) is 30.3 Å². The van der Waals surface area contributed by atoms with Crippen molar-refractivity contribution in [2.75, 3.05) is 5.32 Å². The van der Waals surface area contributed by atoms with Gasteiger partial charge in [-0.3, -0.25) is 0 Å². The normalized spacial score (nSPS) is 9.00. The van der Waals surface area contributed by atoms with Gasteiger partial charge < -0.3 is 5.32 Å². The van der Waals surface area contributed by atoms with Crippen molar-refractivity contribution in [1.82, 2.24) is 0 Å². The molecule has 2 rings (SSSR count). The number of nitrogens with zero attached hydrogens (tertiary/aromatic N) is 3. The van der Waals surface area contributed by atoms with E-state index in [0.717, 1.165) is 11.1 Å². The van der Waals surface area contributed by atoms with Crippen molar-refractivity contribution in [2.45, 2.75) is 0 Å². The Labute approximate surface area is 133 Å². The molecule has 0 aliphatic carbocycles. The van der Waals surface area contributed by atoms with Gasteiger partial charge in [0, 0.05) is 10.7 Å². The quantitative estimate of drug-likeness (QED) is 0.859. The number of allylic oxidation sites excluding steroid dienone is 2. The fourth-order valence-corrected chi connectivity index (χ4v) is 2.03. The van der Waals surface area contributed by atoms with Gasteiger partial charge in [0.1, 0.15) is 23.9 Å². The maximum atomic E-state index is 9.00. The minimum Gasteiger partial charge on any atom is -0.345 e. The summed E-state index contributed by atoms with van der Waals surface area (Å²) in [5.41, 5.74) is 2.24. The highest BCUT2D eigenvalue weighted by Crippen LogP contribution is 2.24. The maximum Gasteiger partial charge on any atom is 0.163 e. The van der Waals surface area contributed by atoms with Gasteiger partial charge in [0.15, 0.2) is 5.57 Å². The molecule has 5 heteroatoms. The molecule has 104 valence electrons. The molecular weight excluding hydrogens is 296 g/mol. The van der Waals surface area contributed by atoms with Gasteiger partial charge in [-0.25, -0.2) is 0 Å². The number of hydrogen-bond donors (Lipinski definition) is 1. The first-order valence-corrected chi connectivity index (χ1v) is 6.63. The molecule has 22 heavy (non-hydrogen) atoms. The number of nitrogens with one attached hydrogen (secondary N) is 1. The molecule has 0 aliphatic rings. The summed E-state index contributed by atoms with van der Waals surface area (Å²) < 4.78 is 0. The molecule has 2 aromatic rings. The second kappa shape index (κ2) is 6.95. The molecule has 0 saturated carbocycles. The molecule has 0 aromatic heterocycles. The first-order chi connectivity index (χ1) is 10.7. The average molecular weight is 305 g/mol. The van der Waals surface area contributed by atoms with Crippen molar-refractivity contribution in [3.05, 3.63) is 64.8 Å². The summed E-state index contributed by atoms with van der Waals surface area (Å²) in [6, 6.07) is 19.9. The van der Waals surface area contributed by atoms with Gasteiger partial charge in [-0.2, -0.15) is 15.8 Å². The van der Waals surface area contributed by atoms with Crippen LogP contribution in [0.15, 0.2) is 59.8 Å². The maximum absolute atomic E-state index is 9.00. The van der Waals surface area contributed by atoms with Crippen LogP contribution in [-0.4, -0.2) is 0 Å². The monoisotopic (exact) mass is 304 g/mol. The number of halogens is 1. The lowest BCUT2D eigenvalue weighted by Crippen LogP contribution is -2.00. The largest absolute Gasteiger partial charge is 0.345 e. The molecule has 0 atom stereocenters. The molecular formula is C17H9ClN4. The predicted octanol–water partition coefficient (Wildman–Crippen LogP) is 4.24. The summed E-state index contributed by atoms with van der Waals surface area (Å²) in [6.07, 6.45) is 0. The third-order valence-electron chi connectivity index (χ3n) is 2.90. The van der Waals surface area contributed by atoms with Crippen molar-refractivity contribution in [2.24, 2.45) is 0 Å². The standard InChI is InChI=1S/C17H9ClN4/c18-15-3-1-2-13(8-15)12-4-6-16(7-5-12)22-17(11-21)14(9-19)10-20/h1-8,22H. The van der Waals surface area contributed by atoms with Crippen LogP contribution in [0.4, 0.5) is 5.69 Å². The number of benzene rings is 2. The smallest absolute Gasteiger partial charge is 0.163 e. The average Bonchev–Trinajstić information content (AvgIpc) is 2.55. The van der Waals surface area contributed by atoms with Crippen LogP contribution < -0.4 is 5.32 Å². The van der Waals surface area contributed by atoms with E-state index in [-0.39, 0.29) is 11.3 Å². The van der Waals surface area contributed by atoms with Crippen LogP contribution in [0, 0.1) is 34.0 Å². The van der Waals surface area contributed by atoms with Gasteiger partial charge in [0.2, 0.25) is 0 Å². The van der Waals surface area contributed by atoms with Crippen molar-refractivity contribution in [3.63, 3.8) is 0 Å². The van der Waals surface area contributed by atoms with E-state index in [4.69, 9.17) is 27.4 Å². The summed E-state index contributed by atoms with van der Waals surface area (Å²) in [7, 11) is 0. The Bertz CT molecular complexity index is 830. The highest BCUT2D eigenvalue weighted by molar-refractivity contribution is 6.30. The van der Waals surface area contributed by atoms with Crippen LogP contribution in [0.5, 0.6) is 0 Å². The Kier molecular flexibility index (Phi) is 4.78. The Balaban J connectivity index is 2.28. The zero-order valence-corrected chi connectivity index (χ0v) is 12.1. The van der Waals surface area contributed by atoms with E-state index in [9.17, 15) is 0 Å². The SMILES string of the molecule is N#CC(C#N)=C(C#N)Nc1ccc(-c2cccc(Cl)c2)cc1. The molecule has 0 amide bonds. The van der Waals surface area contributed by atoms with Crippen LogP contribution in [0.1, 0.15) is 0 Å². The molecule has 0 radical (unpaired) electrons. The van der Waals surface area contributed by atoms with Crippen LogP contribution in [-0.2, 0) is 0 Å². The van der Waals surface area contributed by atoms with Crippen LogP contribution >= 0.6 is 11.6 Å². The van der Waals surface area contributed by atoms with Gasteiger partial charge in [-0.1, -0.05) is 35.9 Å². The lowest BCUT2D eigenvalue weighted by atomic mass is 10.1. The van der Waals surface area contributed by atoms with E-state index < -0.39 is 0 Å². The Morgan fingerprint density at radius 3 is 2.09 bits per heavy atom. The molecule has 0 heterocycles. The van der Waals surface area contributed by atoms with Crippen molar-refractivity contribution >= 4 is 17.3 Å². The molecule has 2 aromatic carbocycles. The zero-order valence-electron chi connectivity index (χ0n) is 11.3. The van der Waals surface area contributed by atoms with Crippen molar-refractivity contribution in [1.29, 1.82) is 15.8 Å². The Hall–Kier alpha value is -3.26. The number of rotatable bonds is 3. The fourth-order valence-electron chi connectivity index (χ4n) is 1.84. The van der Waals surface area contributed by atoms with Crippen molar-refractivity contribution in [3.8, 4) is 29.3 Å². The first kappa shape index (κ1) is 15.1.